The van der Waals surface area contributed by atoms with Gasteiger partial charge in [-0.2, -0.15) is 5.10 Å². The summed E-state index contributed by atoms with van der Waals surface area (Å²) in [6.45, 7) is 4.05. The first kappa shape index (κ1) is 20.9. The lowest BCUT2D eigenvalue weighted by molar-refractivity contribution is -0.0190. The predicted octanol–water partition coefficient (Wildman–Crippen LogP) is 5.88. The number of fused-ring (bicyclic) bond motifs is 4. The Bertz CT molecular complexity index is 1210. The molecule has 6 nitrogen and oxygen atoms in total. The van der Waals surface area contributed by atoms with Crippen LogP contribution in [0, 0.1) is 0 Å². The van der Waals surface area contributed by atoms with Gasteiger partial charge in [-0.25, -0.2) is 5.01 Å². The molecule has 0 fully saturated rings. The number of rotatable bonds is 6. The summed E-state index contributed by atoms with van der Waals surface area (Å²) in [6, 6.07) is 22.6. The van der Waals surface area contributed by atoms with Gasteiger partial charge >= 0.3 is 0 Å². The van der Waals surface area contributed by atoms with Crippen LogP contribution in [0.15, 0.2) is 71.8 Å². The zero-order valence-electron chi connectivity index (χ0n) is 19.3. The molecule has 0 aromatic heterocycles. The first-order chi connectivity index (χ1) is 16.8. The summed E-state index contributed by atoms with van der Waals surface area (Å²) in [5.74, 6) is 3.37. The molecule has 3 aliphatic rings. The van der Waals surface area contributed by atoms with E-state index in [1.807, 2.05) is 36.4 Å². The number of benzene rings is 3. The first-order valence-corrected chi connectivity index (χ1v) is 12.0. The summed E-state index contributed by atoms with van der Waals surface area (Å²) in [5, 5.41) is 7.17. The highest BCUT2D eigenvalue weighted by Gasteiger charge is 2.41. The molecule has 0 saturated carbocycles. The smallest absolute Gasteiger partial charge is 0.213 e. The van der Waals surface area contributed by atoms with E-state index in [1.54, 1.807) is 0 Å². The lowest BCUT2D eigenvalue weighted by atomic mass is 9.95. The van der Waals surface area contributed by atoms with Crippen molar-refractivity contribution in [2.75, 3.05) is 19.8 Å². The number of hydrazone groups is 1. The van der Waals surface area contributed by atoms with E-state index in [0.29, 0.717) is 13.2 Å². The van der Waals surface area contributed by atoms with Gasteiger partial charge < -0.3 is 18.9 Å². The summed E-state index contributed by atoms with van der Waals surface area (Å²) >= 11 is 0. The van der Waals surface area contributed by atoms with E-state index in [9.17, 15) is 0 Å². The van der Waals surface area contributed by atoms with Crippen LogP contribution in [0.3, 0.4) is 0 Å². The minimum Gasteiger partial charge on any atom is -0.494 e. The van der Waals surface area contributed by atoms with E-state index >= 15 is 0 Å². The second-order valence-electron chi connectivity index (χ2n) is 8.78. The molecule has 3 heterocycles. The molecular formula is C28H28N2O4. The van der Waals surface area contributed by atoms with Gasteiger partial charge in [-0.3, -0.25) is 0 Å². The Morgan fingerprint density at radius 3 is 2.62 bits per heavy atom. The summed E-state index contributed by atoms with van der Waals surface area (Å²) in [4.78, 5) is 0. The van der Waals surface area contributed by atoms with Crippen LogP contribution in [0.4, 0.5) is 0 Å². The van der Waals surface area contributed by atoms with E-state index in [2.05, 4.69) is 42.3 Å². The van der Waals surface area contributed by atoms with Crippen LogP contribution in [0.2, 0.25) is 0 Å². The van der Waals surface area contributed by atoms with Crippen LogP contribution in [-0.4, -0.2) is 30.5 Å². The summed E-state index contributed by atoms with van der Waals surface area (Å²) in [5.41, 5.74) is 4.28. The Morgan fingerprint density at radius 1 is 0.941 bits per heavy atom. The van der Waals surface area contributed by atoms with Crippen LogP contribution in [-0.2, 0) is 0 Å². The molecule has 3 aromatic rings. The molecule has 6 heteroatoms. The number of nitrogens with zero attached hydrogens (tertiary/aromatic N) is 2. The van der Waals surface area contributed by atoms with Gasteiger partial charge in [0.2, 0.25) is 6.23 Å². The lowest BCUT2D eigenvalue weighted by Gasteiger charge is -2.38. The van der Waals surface area contributed by atoms with Gasteiger partial charge in [0.25, 0.3) is 0 Å². The largest absolute Gasteiger partial charge is 0.494 e. The number of hydrogen-bond acceptors (Lipinski definition) is 6. The van der Waals surface area contributed by atoms with Crippen molar-refractivity contribution in [1.29, 1.82) is 0 Å². The molecule has 0 saturated heterocycles. The summed E-state index contributed by atoms with van der Waals surface area (Å²) < 4.78 is 23.8. The Morgan fingerprint density at radius 2 is 1.76 bits per heavy atom. The van der Waals surface area contributed by atoms with Gasteiger partial charge in [0, 0.05) is 23.1 Å². The van der Waals surface area contributed by atoms with Crippen LogP contribution < -0.4 is 18.9 Å². The molecule has 3 aliphatic heterocycles. The molecular weight excluding hydrogens is 428 g/mol. The van der Waals surface area contributed by atoms with Gasteiger partial charge in [-0.15, -0.1) is 0 Å². The highest BCUT2D eigenvalue weighted by atomic mass is 16.6. The molecule has 0 bridgehead atoms. The first-order valence-electron chi connectivity index (χ1n) is 12.0. The topological polar surface area (TPSA) is 52.5 Å². The molecule has 0 N–H and O–H groups in total. The van der Waals surface area contributed by atoms with Crippen molar-refractivity contribution in [2.45, 2.75) is 38.5 Å². The molecule has 34 heavy (non-hydrogen) atoms. The van der Waals surface area contributed by atoms with Crippen molar-refractivity contribution in [3.63, 3.8) is 0 Å². The van der Waals surface area contributed by atoms with E-state index < -0.39 is 0 Å². The fourth-order valence-corrected chi connectivity index (χ4v) is 4.71. The maximum atomic E-state index is 6.48. The van der Waals surface area contributed by atoms with Crippen LogP contribution >= 0.6 is 0 Å². The van der Waals surface area contributed by atoms with E-state index in [4.69, 9.17) is 24.0 Å². The number of ether oxygens (including phenoxy) is 4. The third-order valence-electron chi connectivity index (χ3n) is 6.51. The monoisotopic (exact) mass is 456 g/mol. The van der Waals surface area contributed by atoms with E-state index in [1.165, 1.54) is 0 Å². The average Bonchev–Trinajstić information content (AvgIpc) is 3.34. The minimum atomic E-state index is -0.306. The average molecular weight is 457 g/mol. The van der Waals surface area contributed by atoms with Gasteiger partial charge in [0.1, 0.15) is 24.7 Å². The second kappa shape index (κ2) is 8.93. The molecule has 0 radical (unpaired) electrons. The summed E-state index contributed by atoms with van der Waals surface area (Å²) in [6.07, 6.45) is 2.67. The maximum Gasteiger partial charge on any atom is 0.213 e. The van der Waals surface area contributed by atoms with Crippen molar-refractivity contribution < 1.29 is 18.9 Å². The second-order valence-corrected chi connectivity index (χ2v) is 8.78. The third-order valence-corrected chi connectivity index (χ3v) is 6.51. The van der Waals surface area contributed by atoms with Gasteiger partial charge in [-0.1, -0.05) is 31.5 Å². The Balaban J connectivity index is 1.32. The Hall–Kier alpha value is -3.67. The summed E-state index contributed by atoms with van der Waals surface area (Å²) in [7, 11) is 0. The normalized spacial score (nSPS) is 20.1. The van der Waals surface area contributed by atoms with Gasteiger partial charge in [0.15, 0.2) is 11.5 Å². The molecule has 0 spiro atoms. The lowest BCUT2D eigenvalue weighted by Crippen LogP contribution is -2.33. The molecule has 2 unspecified atom stereocenters. The molecule has 0 amide bonds. The van der Waals surface area contributed by atoms with Crippen LogP contribution in [0.1, 0.15) is 55.1 Å². The van der Waals surface area contributed by atoms with Crippen molar-refractivity contribution in [2.24, 2.45) is 5.10 Å². The van der Waals surface area contributed by atoms with Gasteiger partial charge in [-0.05, 0) is 55.0 Å². The van der Waals surface area contributed by atoms with Crippen molar-refractivity contribution in [3.05, 3.63) is 83.4 Å². The fourth-order valence-electron chi connectivity index (χ4n) is 4.71. The SMILES string of the molecule is CCCCOc1ccc(C2Oc3ccccc3C3CC(c4ccc5c(c4)OCCO5)=NN32)cc1. The van der Waals surface area contributed by atoms with E-state index in [-0.39, 0.29) is 12.3 Å². The third kappa shape index (κ3) is 3.83. The molecule has 2 atom stereocenters. The maximum absolute atomic E-state index is 6.48. The van der Waals surface area contributed by atoms with Crippen molar-refractivity contribution in [3.8, 4) is 23.0 Å². The van der Waals surface area contributed by atoms with Gasteiger partial charge in [0.05, 0.1) is 18.4 Å². The molecule has 174 valence electrons. The van der Waals surface area contributed by atoms with E-state index in [0.717, 1.165) is 71.3 Å². The van der Waals surface area contributed by atoms with Crippen LogP contribution in [0.25, 0.3) is 0 Å². The zero-order valence-corrected chi connectivity index (χ0v) is 19.3. The Kier molecular flexibility index (Phi) is 5.49. The molecule has 0 aliphatic carbocycles. The quantitative estimate of drug-likeness (QED) is 0.434. The number of hydrogen-bond donors (Lipinski definition) is 0. The minimum absolute atomic E-state index is 0.110. The highest BCUT2D eigenvalue weighted by molar-refractivity contribution is 6.02. The predicted molar refractivity (Wildman–Crippen MR) is 130 cm³/mol. The number of para-hydroxylation sites is 1. The fraction of sp³-hybridized carbons (Fsp3) is 0.321. The van der Waals surface area contributed by atoms with Crippen molar-refractivity contribution in [1.82, 2.24) is 5.01 Å². The zero-order chi connectivity index (χ0) is 22.9. The van der Waals surface area contributed by atoms with Crippen LogP contribution in [0.5, 0.6) is 23.0 Å². The van der Waals surface area contributed by atoms with Crippen molar-refractivity contribution >= 4 is 5.71 Å². The standard InChI is InChI=1S/C28H28N2O4/c1-2-3-14-31-21-11-8-19(9-12-21)28-30-24(22-6-4-5-7-25(22)34-28)18-23(29-30)20-10-13-26-27(17-20)33-16-15-32-26/h4-13,17,24,28H,2-3,14-16,18H2,1H3. The Labute approximate surface area is 199 Å². The molecule has 3 aromatic carbocycles. The number of unbranched alkanes of at least 4 members (excludes halogenated alkanes) is 1. The highest BCUT2D eigenvalue weighted by Crippen LogP contribution is 2.48. The molecule has 6 rings (SSSR count).